The second-order valence-corrected chi connectivity index (χ2v) is 5.28. The summed E-state index contributed by atoms with van der Waals surface area (Å²) in [7, 11) is 0. The second kappa shape index (κ2) is 8.78. The molecule has 0 aliphatic heterocycles. The summed E-state index contributed by atoms with van der Waals surface area (Å²) in [4.78, 5) is 12.0. The van der Waals surface area contributed by atoms with E-state index in [1.54, 1.807) is 18.2 Å². The van der Waals surface area contributed by atoms with Crippen molar-refractivity contribution in [2.24, 2.45) is 0 Å². The molecular formula is C15H20Cl2N4O. The van der Waals surface area contributed by atoms with Crippen molar-refractivity contribution >= 4 is 29.9 Å². The average molecular weight is 343 g/mol. The lowest BCUT2D eigenvalue weighted by Crippen LogP contribution is -2.38. The fourth-order valence-electron chi connectivity index (χ4n) is 1.97. The van der Waals surface area contributed by atoms with Gasteiger partial charge in [0, 0.05) is 23.2 Å². The van der Waals surface area contributed by atoms with E-state index in [1.807, 2.05) is 26.0 Å². The molecule has 0 radical (unpaired) electrons. The Bertz CT molecular complexity index is 598. The minimum Gasteiger partial charge on any atom is -0.349 e. The van der Waals surface area contributed by atoms with Gasteiger partial charge in [-0.3, -0.25) is 9.89 Å². The second-order valence-electron chi connectivity index (χ2n) is 4.84. The van der Waals surface area contributed by atoms with E-state index in [-0.39, 0.29) is 24.4 Å². The van der Waals surface area contributed by atoms with E-state index in [1.165, 1.54) is 0 Å². The molecule has 7 heteroatoms. The zero-order chi connectivity index (χ0) is 15.2. The van der Waals surface area contributed by atoms with Gasteiger partial charge >= 0.3 is 0 Å². The van der Waals surface area contributed by atoms with E-state index < -0.39 is 0 Å². The minimum atomic E-state index is -0.160. The van der Waals surface area contributed by atoms with Crippen molar-refractivity contribution < 1.29 is 4.79 Å². The largest absolute Gasteiger partial charge is 0.349 e. The van der Waals surface area contributed by atoms with Crippen molar-refractivity contribution in [2.75, 3.05) is 13.1 Å². The van der Waals surface area contributed by atoms with Gasteiger partial charge in [0.05, 0.1) is 5.69 Å². The molecule has 2 rings (SSSR count). The Kier molecular flexibility index (Phi) is 7.38. The SMILES string of the molecule is CCN[C@H](C)CNC(=O)c1cc(-c2ccc(Cl)cc2)n[nH]1.Cl. The summed E-state index contributed by atoms with van der Waals surface area (Å²) in [5, 5.41) is 13.7. The quantitative estimate of drug-likeness (QED) is 0.755. The number of H-pyrrole nitrogens is 1. The van der Waals surface area contributed by atoms with E-state index in [0.29, 0.717) is 17.3 Å². The van der Waals surface area contributed by atoms with Crippen molar-refractivity contribution in [2.45, 2.75) is 19.9 Å². The summed E-state index contributed by atoms with van der Waals surface area (Å²) >= 11 is 5.85. The highest BCUT2D eigenvalue weighted by Gasteiger charge is 2.11. The maximum Gasteiger partial charge on any atom is 0.269 e. The number of halogens is 2. The number of hydrogen-bond donors (Lipinski definition) is 3. The Morgan fingerprint density at radius 2 is 2.05 bits per heavy atom. The highest BCUT2D eigenvalue weighted by Crippen LogP contribution is 2.20. The number of nitrogens with one attached hydrogen (secondary N) is 3. The molecule has 22 heavy (non-hydrogen) atoms. The number of hydrogen-bond acceptors (Lipinski definition) is 3. The van der Waals surface area contributed by atoms with Crippen molar-refractivity contribution in [1.29, 1.82) is 0 Å². The van der Waals surface area contributed by atoms with E-state index in [2.05, 4.69) is 20.8 Å². The first kappa shape index (κ1) is 18.5. The molecule has 1 heterocycles. The maximum absolute atomic E-state index is 12.0. The van der Waals surface area contributed by atoms with Gasteiger partial charge in [-0.05, 0) is 31.7 Å². The van der Waals surface area contributed by atoms with Crippen molar-refractivity contribution in [3.8, 4) is 11.3 Å². The Labute approximate surface area is 141 Å². The molecule has 5 nitrogen and oxygen atoms in total. The van der Waals surface area contributed by atoms with Gasteiger partial charge in [0.2, 0.25) is 0 Å². The van der Waals surface area contributed by atoms with Crippen molar-refractivity contribution in [1.82, 2.24) is 20.8 Å². The van der Waals surface area contributed by atoms with Gasteiger partial charge in [0.15, 0.2) is 0 Å². The Balaban J connectivity index is 0.00000242. The van der Waals surface area contributed by atoms with Crippen LogP contribution in [0.1, 0.15) is 24.3 Å². The first-order chi connectivity index (χ1) is 10.1. The van der Waals surface area contributed by atoms with Crippen molar-refractivity contribution in [3.05, 3.63) is 41.0 Å². The third-order valence-electron chi connectivity index (χ3n) is 3.08. The van der Waals surface area contributed by atoms with Gasteiger partial charge in [0.25, 0.3) is 5.91 Å². The Morgan fingerprint density at radius 3 is 2.68 bits per heavy atom. The summed E-state index contributed by atoms with van der Waals surface area (Å²) in [5.41, 5.74) is 2.08. The fraction of sp³-hybridized carbons (Fsp3) is 0.333. The van der Waals surface area contributed by atoms with Crippen LogP contribution in [0.4, 0.5) is 0 Å². The predicted octanol–water partition coefficient (Wildman–Crippen LogP) is 2.88. The smallest absolute Gasteiger partial charge is 0.269 e. The van der Waals surface area contributed by atoms with Gasteiger partial charge in [0.1, 0.15) is 5.69 Å². The van der Waals surface area contributed by atoms with Crippen LogP contribution in [0.15, 0.2) is 30.3 Å². The van der Waals surface area contributed by atoms with E-state index in [9.17, 15) is 4.79 Å². The molecule has 0 saturated heterocycles. The first-order valence-corrected chi connectivity index (χ1v) is 7.31. The molecule has 1 amide bonds. The van der Waals surface area contributed by atoms with Crippen LogP contribution in [0.2, 0.25) is 5.02 Å². The molecule has 1 aromatic heterocycles. The topological polar surface area (TPSA) is 69.8 Å². The highest BCUT2D eigenvalue weighted by atomic mass is 35.5. The normalized spacial score (nSPS) is 11.6. The lowest BCUT2D eigenvalue weighted by Gasteiger charge is -2.12. The van der Waals surface area contributed by atoms with Crippen LogP contribution in [0, 0.1) is 0 Å². The molecule has 120 valence electrons. The summed E-state index contributed by atoms with van der Waals surface area (Å²) in [6.45, 7) is 5.51. The molecule has 0 unspecified atom stereocenters. The van der Waals surface area contributed by atoms with Crippen LogP contribution in [0.5, 0.6) is 0 Å². The summed E-state index contributed by atoms with van der Waals surface area (Å²) in [5.74, 6) is -0.160. The van der Waals surface area contributed by atoms with Crippen LogP contribution in [-0.2, 0) is 0 Å². The number of carbonyl (C=O) groups excluding carboxylic acids is 1. The number of benzene rings is 1. The standard InChI is InChI=1S/C15H19ClN4O.ClH/c1-3-17-10(2)9-18-15(21)14-8-13(19-20-14)11-4-6-12(16)7-5-11;/h4-8,10,17H,3,9H2,1-2H3,(H,18,21)(H,19,20);1H/t10-;/m1./s1. The van der Waals surface area contributed by atoms with E-state index in [4.69, 9.17) is 11.6 Å². The van der Waals surface area contributed by atoms with Gasteiger partial charge in [-0.2, -0.15) is 5.10 Å². The van der Waals surface area contributed by atoms with Crippen LogP contribution < -0.4 is 10.6 Å². The number of carbonyl (C=O) groups is 1. The predicted molar refractivity (Wildman–Crippen MR) is 91.8 cm³/mol. The number of rotatable bonds is 6. The molecule has 0 spiro atoms. The van der Waals surface area contributed by atoms with Crippen LogP contribution >= 0.6 is 24.0 Å². The monoisotopic (exact) mass is 342 g/mol. The molecule has 0 saturated carbocycles. The third kappa shape index (κ3) is 5.02. The number of aromatic amines is 1. The molecule has 1 aromatic carbocycles. The Hall–Kier alpha value is -1.56. The zero-order valence-corrected chi connectivity index (χ0v) is 14.1. The van der Waals surface area contributed by atoms with Crippen LogP contribution in [0.25, 0.3) is 11.3 Å². The van der Waals surface area contributed by atoms with Crippen LogP contribution in [-0.4, -0.2) is 35.2 Å². The van der Waals surface area contributed by atoms with Gasteiger partial charge in [-0.1, -0.05) is 30.7 Å². The van der Waals surface area contributed by atoms with Crippen LogP contribution in [0.3, 0.4) is 0 Å². The third-order valence-corrected chi connectivity index (χ3v) is 3.34. The number of amides is 1. The van der Waals surface area contributed by atoms with E-state index >= 15 is 0 Å². The molecule has 0 aliphatic carbocycles. The molecule has 0 fully saturated rings. The number of aromatic nitrogens is 2. The molecule has 1 atom stereocenters. The fourth-order valence-corrected chi connectivity index (χ4v) is 2.09. The van der Waals surface area contributed by atoms with Gasteiger partial charge in [-0.25, -0.2) is 0 Å². The molecule has 0 aliphatic rings. The average Bonchev–Trinajstić information content (AvgIpc) is 2.96. The molecule has 2 aromatic rings. The number of likely N-dealkylation sites (N-methyl/N-ethyl adjacent to an activating group) is 1. The van der Waals surface area contributed by atoms with E-state index in [0.717, 1.165) is 17.8 Å². The van der Waals surface area contributed by atoms with Crippen molar-refractivity contribution in [3.63, 3.8) is 0 Å². The minimum absolute atomic E-state index is 0. The Morgan fingerprint density at radius 1 is 1.36 bits per heavy atom. The molecule has 3 N–H and O–H groups in total. The molecular weight excluding hydrogens is 323 g/mol. The lowest BCUT2D eigenvalue weighted by molar-refractivity contribution is 0.0945. The number of nitrogens with zero attached hydrogens (tertiary/aromatic N) is 1. The summed E-state index contributed by atoms with van der Waals surface area (Å²) < 4.78 is 0. The highest BCUT2D eigenvalue weighted by molar-refractivity contribution is 6.30. The molecule has 0 bridgehead atoms. The lowest BCUT2D eigenvalue weighted by atomic mass is 10.1. The summed E-state index contributed by atoms with van der Waals surface area (Å²) in [6, 6.07) is 9.29. The maximum atomic E-state index is 12.0. The van der Waals surface area contributed by atoms with Gasteiger partial charge < -0.3 is 10.6 Å². The zero-order valence-electron chi connectivity index (χ0n) is 12.5. The first-order valence-electron chi connectivity index (χ1n) is 6.93. The van der Waals surface area contributed by atoms with Gasteiger partial charge in [-0.15, -0.1) is 12.4 Å². The summed E-state index contributed by atoms with van der Waals surface area (Å²) in [6.07, 6.45) is 0.